The van der Waals surface area contributed by atoms with Crippen molar-refractivity contribution in [2.24, 2.45) is 5.92 Å². The van der Waals surface area contributed by atoms with Crippen LogP contribution in [0.3, 0.4) is 0 Å². The third kappa shape index (κ3) is 9.01. The van der Waals surface area contributed by atoms with Crippen LogP contribution in [0.4, 0.5) is 0 Å². The lowest BCUT2D eigenvalue weighted by Crippen LogP contribution is -2.16. The Kier molecular flexibility index (Phi) is 7.43. The summed E-state index contributed by atoms with van der Waals surface area (Å²) in [4.78, 5) is 0. The van der Waals surface area contributed by atoms with Gasteiger partial charge in [0.2, 0.25) is 0 Å². The standard InChI is InChI=1S/C11H24S2/c1-10(2)6-8-13-11(3,4)7-9-12-5/h10H,6-9H2,1-5H3. The Morgan fingerprint density at radius 2 is 1.77 bits per heavy atom. The summed E-state index contributed by atoms with van der Waals surface area (Å²) in [6.07, 6.45) is 4.87. The molecular formula is C11H24S2. The van der Waals surface area contributed by atoms with Gasteiger partial charge in [0, 0.05) is 4.75 Å². The summed E-state index contributed by atoms with van der Waals surface area (Å²) in [6, 6.07) is 0. The van der Waals surface area contributed by atoms with E-state index in [1.54, 1.807) is 0 Å². The Morgan fingerprint density at radius 1 is 1.15 bits per heavy atom. The Hall–Kier alpha value is 0.700. The molecule has 0 heterocycles. The Morgan fingerprint density at radius 3 is 2.23 bits per heavy atom. The quantitative estimate of drug-likeness (QED) is 0.627. The summed E-state index contributed by atoms with van der Waals surface area (Å²) in [7, 11) is 0. The topological polar surface area (TPSA) is 0 Å². The molecule has 0 atom stereocenters. The van der Waals surface area contributed by atoms with Crippen molar-refractivity contribution in [1.29, 1.82) is 0 Å². The van der Waals surface area contributed by atoms with Crippen molar-refractivity contribution in [2.45, 2.75) is 45.3 Å². The summed E-state index contributed by atoms with van der Waals surface area (Å²) in [5, 5.41) is 0. The zero-order valence-electron chi connectivity index (χ0n) is 9.72. The predicted octanol–water partition coefficient (Wildman–Crippen LogP) is 4.30. The van der Waals surface area contributed by atoms with E-state index in [2.05, 4.69) is 45.7 Å². The first-order chi connectivity index (χ1) is 5.98. The molecule has 0 rings (SSSR count). The van der Waals surface area contributed by atoms with Crippen LogP contribution in [0.5, 0.6) is 0 Å². The lowest BCUT2D eigenvalue weighted by Gasteiger charge is -2.24. The second-order valence-electron chi connectivity index (χ2n) is 4.53. The van der Waals surface area contributed by atoms with Crippen LogP contribution in [0.25, 0.3) is 0 Å². The van der Waals surface area contributed by atoms with Crippen molar-refractivity contribution in [3.63, 3.8) is 0 Å². The van der Waals surface area contributed by atoms with Crippen molar-refractivity contribution in [2.75, 3.05) is 17.8 Å². The van der Waals surface area contributed by atoms with E-state index in [1.807, 2.05) is 11.8 Å². The molecule has 0 aromatic carbocycles. The van der Waals surface area contributed by atoms with Crippen LogP contribution in [-0.2, 0) is 0 Å². The highest BCUT2D eigenvalue weighted by molar-refractivity contribution is 8.00. The Bertz CT molecular complexity index is 119. The third-order valence-corrected chi connectivity index (χ3v) is 4.13. The van der Waals surface area contributed by atoms with Crippen LogP contribution in [0, 0.1) is 5.92 Å². The van der Waals surface area contributed by atoms with Gasteiger partial charge in [-0.3, -0.25) is 0 Å². The van der Waals surface area contributed by atoms with Gasteiger partial charge in [-0.2, -0.15) is 23.5 Å². The van der Waals surface area contributed by atoms with Crippen molar-refractivity contribution in [1.82, 2.24) is 0 Å². The molecule has 0 aromatic heterocycles. The van der Waals surface area contributed by atoms with E-state index in [0.29, 0.717) is 4.75 Å². The summed E-state index contributed by atoms with van der Waals surface area (Å²) >= 11 is 4.09. The first-order valence-corrected chi connectivity index (χ1v) is 7.49. The zero-order valence-corrected chi connectivity index (χ0v) is 11.4. The van der Waals surface area contributed by atoms with E-state index in [-0.39, 0.29) is 0 Å². The fourth-order valence-electron chi connectivity index (χ4n) is 0.991. The molecule has 0 aliphatic heterocycles. The lowest BCUT2D eigenvalue weighted by molar-refractivity contribution is 0.625. The van der Waals surface area contributed by atoms with E-state index >= 15 is 0 Å². The Labute approximate surface area is 92.6 Å². The van der Waals surface area contributed by atoms with Gasteiger partial charge in [0.05, 0.1) is 0 Å². The third-order valence-electron chi connectivity index (χ3n) is 2.10. The van der Waals surface area contributed by atoms with Gasteiger partial charge in [-0.25, -0.2) is 0 Å². The summed E-state index contributed by atoms with van der Waals surface area (Å²) in [6.45, 7) is 9.34. The van der Waals surface area contributed by atoms with Crippen LogP contribution < -0.4 is 0 Å². The number of thioether (sulfide) groups is 2. The monoisotopic (exact) mass is 220 g/mol. The molecule has 0 amide bonds. The molecule has 0 aliphatic carbocycles. The SMILES string of the molecule is CSCCC(C)(C)SCCC(C)C. The predicted molar refractivity (Wildman–Crippen MR) is 69.0 cm³/mol. The van der Waals surface area contributed by atoms with Gasteiger partial charge in [-0.15, -0.1) is 0 Å². The smallest absolute Gasteiger partial charge is 0.0111 e. The molecule has 0 bridgehead atoms. The van der Waals surface area contributed by atoms with E-state index in [4.69, 9.17) is 0 Å². The molecule has 0 N–H and O–H groups in total. The maximum Gasteiger partial charge on any atom is 0.0111 e. The van der Waals surface area contributed by atoms with Gasteiger partial charge in [0.25, 0.3) is 0 Å². The molecule has 0 saturated carbocycles. The van der Waals surface area contributed by atoms with Gasteiger partial charge in [0.1, 0.15) is 0 Å². The minimum atomic E-state index is 0.484. The van der Waals surface area contributed by atoms with Gasteiger partial charge in [-0.05, 0) is 36.5 Å². The van der Waals surface area contributed by atoms with Crippen molar-refractivity contribution >= 4 is 23.5 Å². The molecule has 0 fully saturated rings. The van der Waals surface area contributed by atoms with Gasteiger partial charge in [-0.1, -0.05) is 27.7 Å². The number of hydrogen-bond donors (Lipinski definition) is 0. The first-order valence-electron chi connectivity index (χ1n) is 5.11. The molecule has 0 unspecified atom stereocenters. The summed E-state index contributed by atoms with van der Waals surface area (Å²) in [5.41, 5.74) is 0. The van der Waals surface area contributed by atoms with E-state index in [0.717, 1.165) is 5.92 Å². The fraction of sp³-hybridized carbons (Fsp3) is 1.00. The molecule has 0 radical (unpaired) electrons. The lowest BCUT2D eigenvalue weighted by atomic mass is 10.1. The molecule has 0 spiro atoms. The minimum Gasteiger partial charge on any atom is -0.165 e. The fourth-order valence-corrected chi connectivity index (χ4v) is 3.22. The second-order valence-corrected chi connectivity index (χ2v) is 7.32. The second kappa shape index (κ2) is 7.05. The molecule has 0 aromatic rings. The summed E-state index contributed by atoms with van der Waals surface area (Å²) in [5.74, 6) is 3.46. The maximum absolute atomic E-state index is 2.37. The van der Waals surface area contributed by atoms with Gasteiger partial charge >= 0.3 is 0 Å². The first kappa shape index (κ1) is 13.7. The van der Waals surface area contributed by atoms with Crippen LogP contribution in [0.1, 0.15) is 40.5 Å². The molecule has 0 aliphatic rings. The number of hydrogen-bond acceptors (Lipinski definition) is 2. The van der Waals surface area contributed by atoms with E-state index < -0.39 is 0 Å². The molecule has 80 valence electrons. The summed E-state index contributed by atoms with van der Waals surface area (Å²) < 4.78 is 0.484. The van der Waals surface area contributed by atoms with E-state index in [9.17, 15) is 0 Å². The highest BCUT2D eigenvalue weighted by Gasteiger charge is 2.17. The highest BCUT2D eigenvalue weighted by Crippen LogP contribution is 2.30. The largest absolute Gasteiger partial charge is 0.165 e. The normalized spacial score (nSPS) is 12.5. The van der Waals surface area contributed by atoms with Crippen molar-refractivity contribution in [3.05, 3.63) is 0 Å². The minimum absolute atomic E-state index is 0.484. The Balaban J connectivity index is 3.50. The molecule has 0 nitrogen and oxygen atoms in total. The van der Waals surface area contributed by atoms with Gasteiger partial charge in [0.15, 0.2) is 0 Å². The van der Waals surface area contributed by atoms with Crippen LogP contribution >= 0.6 is 23.5 Å². The van der Waals surface area contributed by atoms with Crippen LogP contribution in [0.15, 0.2) is 0 Å². The molecule has 2 heteroatoms. The molecular weight excluding hydrogens is 196 g/mol. The zero-order chi connectivity index (χ0) is 10.3. The van der Waals surface area contributed by atoms with Crippen molar-refractivity contribution in [3.8, 4) is 0 Å². The van der Waals surface area contributed by atoms with Crippen LogP contribution in [-0.4, -0.2) is 22.5 Å². The van der Waals surface area contributed by atoms with E-state index in [1.165, 1.54) is 24.3 Å². The maximum atomic E-state index is 2.37. The van der Waals surface area contributed by atoms with Crippen molar-refractivity contribution < 1.29 is 0 Å². The number of rotatable bonds is 7. The average molecular weight is 220 g/mol. The molecule has 13 heavy (non-hydrogen) atoms. The highest BCUT2D eigenvalue weighted by atomic mass is 32.2. The van der Waals surface area contributed by atoms with Gasteiger partial charge < -0.3 is 0 Å². The van der Waals surface area contributed by atoms with Crippen LogP contribution in [0.2, 0.25) is 0 Å². The molecule has 0 saturated heterocycles. The average Bonchev–Trinajstić information content (AvgIpc) is 2.00.